The average molecular weight is 1190 g/mol. The molecule has 64 heavy (non-hydrogen) atoms. The molecule has 0 fully saturated rings. The third-order valence-corrected chi connectivity index (χ3v) is 35.6. The minimum atomic E-state index is 1.26. The Bertz CT molecular complexity index is 1930. The van der Waals surface area contributed by atoms with Crippen molar-refractivity contribution in [2.24, 2.45) is 0 Å². The van der Waals surface area contributed by atoms with Crippen molar-refractivity contribution in [3.8, 4) is 0 Å². The smallest absolute Gasteiger partial charge is 0.0718 e. The van der Waals surface area contributed by atoms with Crippen LogP contribution in [0.1, 0.15) is 140 Å². The van der Waals surface area contributed by atoms with Crippen LogP contribution in [-0.4, -0.2) is 23.0 Å². The molecule has 2 aromatic rings. The summed E-state index contributed by atoms with van der Waals surface area (Å²) >= 11 is 36.7. The average Bonchev–Trinajstić information content (AvgIpc) is 4.15. The molecule has 8 rings (SSSR count). The zero-order valence-electron chi connectivity index (χ0n) is 36.8. The topological polar surface area (TPSA) is 0 Å². The third-order valence-electron chi connectivity index (χ3n) is 9.95. The van der Waals surface area contributed by atoms with E-state index in [2.05, 4.69) is 146 Å². The summed E-state index contributed by atoms with van der Waals surface area (Å²) in [4.78, 5) is 2.76. The highest BCUT2D eigenvalue weighted by Gasteiger charge is 2.36. The standard InChI is InChI=1S/C46H56S18/c1-5-9-13-17-21-47-35-36(48-22-18-14-10-6-2)58-43(57-35)45-61-39-40(62-45)54-33(53-39)27-29-25-31-32(51-29)26-30(52-31)28-34-55-41-42(56-34)64-46(63-41)44-59-37(49-23-19-15-11-7-3)38(60-44)50-24-20-16-12-8-4/h25-28H,5-24H2,1-4H3. The Morgan fingerprint density at radius 2 is 0.594 bits per heavy atom. The summed E-state index contributed by atoms with van der Waals surface area (Å²) in [5, 5.41) is 0. The van der Waals surface area contributed by atoms with Crippen molar-refractivity contribution in [1.29, 1.82) is 0 Å². The predicted octanol–water partition coefficient (Wildman–Crippen LogP) is 24.5. The Hall–Kier alpha value is 3.18. The van der Waals surface area contributed by atoms with Gasteiger partial charge in [0.15, 0.2) is 0 Å². The predicted molar refractivity (Wildman–Crippen MR) is 335 cm³/mol. The summed E-state index contributed by atoms with van der Waals surface area (Å²) in [7, 11) is 0. The van der Waals surface area contributed by atoms with E-state index < -0.39 is 0 Å². The normalized spacial score (nSPS) is 18.9. The van der Waals surface area contributed by atoms with E-state index in [1.807, 2.05) is 117 Å². The fourth-order valence-electron chi connectivity index (χ4n) is 6.57. The number of thiophene rings is 2. The van der Waals surface area contributed by atoms with Gasteiger partial charge in [0, 0.05) is 19.2 Å². The molecular weight excluding hydrogens is 1130 g/mol. The maximum atomic E-state index is 2.44. The van der Waals surface area contributed by atoms with Gasteiger partial charge in [0.2, 0.25) is 0 Å². The number of thioether (sulfide) groups is 16. The minimum Gasteiger partial charge on any atom is -0.135 e. The fourth-order valence-corrected chi connectivity index (χ4v) is 34.3. The van der Waals surface area contributed by atoms with Crippen molar-refractivity contribution >= 4 is 232 Å². The zero-order chi connectivity index (χ0) is 44.1. The maximum Gasteiger partial charge on any atom is 0.0718 e. The highest BCUT2D eigenvalue weighted by atomic mass is 32.3. The largest absolute Gasteiger partial charge is 0.135 e. The van der Waals surface area contributed by atoms with Crippen LogP contribution in [0.15, 0.2) is 71.5 Å². The van der Waals surface area contributed by atoms with E-state index in [0.717, 1.165) is 0 Å². The van der Waals surface area contributed by atoms with Gasteiger partial charge in [-0.1, -0.05) is 246 Å². The van der Waals surface area contributed by atoms with Crippen LogP contribution in [0.3, 0.4) is 0 Å². The van der Waals surface area contributed by atoms with E-state index in [1.54, 1.807) is 16.9 Å². The zero-order valence-corrected chi connectivity index (χ0v) is 51.5. The molecule has 0 saturated heterocycles. The van der Waals surface area contributed by atoms with Crippen molar-refractivity contribution in [2.75, 3.05) is 23.0 Å². The summed E-state index contributed by atoms with van der Waals surface area (Å²) in [6.07, 6.45) is 26.4. The Morgan fingerprint density at radius 3 is 0.875 bits per heavy atom. The van der Waals surface area contributed by atoms with Gasteiger partial charge in [-0.3, -0.25) is 0 Å². The van der Waals surface area contributed by atoms with E-state index in [-0.39, 0.29) is 0 Å². The number of fused-ring (bicyclic) bond motifs is 1. The lowest BCUT2D eigenvalue weighted by Gasteiger charge is -2.06. The summed E-state index contributed by atoms with van der Waals surface area (Å²) in [6, 6.07) is 4.85. The second-order valence-electron chi connectivity index (χ2n) is 15.3. The first-order chi connectivity index (χ1) is 31.5. The molecule has 348 valence electrons. The highest BCUT2D eigenvalue weighted by molar-refractivity contribution is 8.51. The number of hydrogen-bond acceptors (Lipinski definition) is 18. The van der Waals surface area contributed by atoms with Gasteiger partial charge < -0.3 is 0 Å². The molecule has 0 unspecified atom stereocenters. The summed E-state index contributed by atoms with van der Waals surface area (Å²) in [5.41, 5.74) is 0. The summed E-state index contributed by atoms with van der Waals surface area (Å²) in [6.45, 7) is 9.24. The van der Waals surface area contributed by atoms with Crippen LogP contribution >= 0.6 is 211 Å². The van der Waals surface area contributed by atoms with Gasteiger partial charge in [0.25, 0.3) is 0 Å². The van der Waals surface area contributed by atoms with E-state index in [0.29, 0.717) is 0 Å². The molecule has 2 aromatic heterocycles. The molecule has 0 N–H and O–H groups in total. The molecule has 0 radical (unpaired) electrons. The molecule has 0 bridgehead atoms. The van der Waals surface area contributed by atoms with Crippen molar-refractivity contribution in [2.45, 2.75) is 130 Å². The second-order valence-corrected chi connectivity index (χ2v) is 37.9. The van der Waals surface area contributed by atoms with Crippen molar-refractivity contribution < 1.29 is 0 Å². The lowest BCUT2D eigenvalue weighted by Crippen LogP contribution is -1.83. The van der Waals surface area contributed by atoms with Crippen LogP contribution in [0.4, 0.5) is 0 Å². The molecule has 8 heterocycles. The molecule has 6 aliphatic heterocycles. The van der Waals surface area contributed by atoms with Crippen molar-refractivity contribution in [1.82, 2.24) is 0 Å². The summed E-state index contributed by atoms with van der Waals surface area (Å²) in [5.74, 6) is 5.02. The first-order valence-electron chi connectivity index (χ1n) is 22.6. The van der Waals surface area contributed by atoms with E-state index in [9.17, 15) is 0 Å². The Labute approximate surface area is 460 Å². The molecule has 6 aliphatic rings. The maximum absolute atomic E-state index is 2.44. The lowest BCUT2D eigenvalue weighted by atomic mass is 10.2. The van der Waals surface area contributed by atoms with Gasteiger partial charge in [-0.05, 0) is 73.0 Å². The van der Waals surface area contributed by atoms with Crippen LogP contribution < -0.4 is 0 Å². The molecule has 0 aliphatic carbocycles. The Kier molecular flexibility index (Phi) is 23.9. The molecule has 0 aromatic carbocycles. The lowest BCUT2D eigenvalue weighted by molar-refractivity contribution is 0.707. The molecule has 0 atom stereocenters. The van der Waals surface area contributed by atoms with Gasteiger partial charge in [-0.25, -0.2) is 0 Å². The first kappa shape index (κ1) is 53.5. The van der Waals surface area contributed by atoms with Crippen LogP contribution in [0, 0.1) is 0 Å². The minimum absolute atomic E-state index is 1.26. The van der Waals surface area contributed by atoms with E-state index >= 15 is 0 Å². The first-order valence-corrected chi connectivity index (χ1v) is 37.9. The fraction of sp³-hybridized carbons (Fsp3) is 0.522. The van der Waals surface area contributed by atoms with Gasteiger partial charge in [-0.15, -0.1) is 69.7 Å². The monoisotopic (exact) mass is 1180 g/mol. The molecule has 0 amide bonds. The number of rotatable bonds is 26. The van der Waals surface area contributed by atoms with Crippen molar-refractivity contribution in [3.05, 3.63) is 81.2 Å². The molecule has 18 heteroatoms. The molecule has 0 nitrogen and oxygen atoms in total. The molecular formula is C46H56S18. The number of unbranched alkanes of at least 4 members (excludes halogenated alkanes) is 12. The van der Waals surface area contributed by atoms with Crippen LogP contribution in [0.2, 0.25) is 0 Å². The molecule has 0 spiro atoms. The molecule has 0 saturated carbocycles. The second kappa shape index (κ2) is 28.6. The van der Waals surface area contributed by atoms with Crippen molar-refractivity contribution in [3.63, 3.8) is 0 Å². The third kappa shape index (κ3) is 15.6. The van der Waals surface area contributed by atoms with Gasteiger partial charge in [0.1, 0.15) is 0 Å². The van der Waals surface area contributed by atoms with E-state index in [1.165, 1.54) is 187 Å². The SMILES string of the molecule is CCCCCCSC1=C(SCCCCCC)SC(=C2SC3=C(SC(=Cc4cc5sc(C=C6SC7=C(S6)SC(=C6SC(SCCCCCC)=C(SCCCCCC)S6)S7)cc5s4)S3)S2)S1. The van der Waals surface area contributed by atoms with Gasteiger partial charge >= 0.3 is 0 Å². The summed E-state index contributed by atoms with van der Waals surface area (Å²) < 4.78 is 24.0. The van der Waals surface area contributed by atoms with Gasteiger partial charge in [-0.2, -0.15) is 0 Å². The number of hydrogen-bond donors (Lipinski definition) is 0. The Morgan fingerprint density at radius 1 is 0.328 bits per heavy atom. The quantitative estimate of drug-likeness (QED) is 0.0820. The van der Waals surface area contributed by atoms with Gasteiger partial charge in [0.05, 0.1) is 59.3 Å². The van der Waals surface area contributed by atoms with Crippen LogP contribution in [-0.2, 0) is 0 Å². The van der Waals surface area contributed by atoms with Crippen LogP contribution in [0.5, 0.6) is 0 Å². The van der Waals surface area contributed by atoms with E-state index in [4.69, 9.17) is 0 Å². The van der Waals surface area contributed by atoms with Crippen LogP contribution in [0.25, 0.3) is 21.6 Å². The highest BCUT2D eigenvalue weighted by Crippen LogP contribution is 2.72. The Balaban J connectivity index is 0.812.